The van der Waals surface area contributed by atoms with Crippen LogP contribution in [0.3, 0.4) is 0 Å². The van der Waals surface area contributed by atoms with E-state index in [4.69, 9.17) is 0 Å². The van der Waals surface area contributed by atoms with Crippen LogP contribution in [0.4, 0.5) is 17.1 Å². The van der Waals surface area contributed by atoms with Crippen LogP contribution < -0.4 is 4.90 Å². The summed E-state index contributed by atoms with van der Waals surface area (Å²) in [7, 11) is 1.85. The van der Waals surface area contributed by atoms with Gasteiger partial charge in [0.25, 0.3) is 11.4 Å². The van der Waals surface area contributed by atoms with E-state index < -0.39 is 9.85 Å². The van der Waals surface area contributed by atoms with Crippen molar-refractivity contribution in [2.24, 2.45) is 0 Å². The van der Waals surface area contributed by atoms with Crippen molar-refractivity contribution >= 4 is 28.8 Å². The molecule has 0 radical (unpaired) electrons. The minimum Gasteiger partial charge on any atom is -0.346 e. The molecule has 26 heavy (non-hydrogen) atoms. The number of nitro groups is 2. The van der Waals surface area contributed by atoms with Gasteiger partial charge in [-0.1, -0.05) is 37.7 Å². The summed E-state index contributed by atoms with van der Waals surface area (Å²) in [4.78, 5) is 23.9. The lowest BCUT2D eigenvalue weighted by Crippen LogP contribution is -2.22. The Labute approximate surface area is 154 Å². The van der Waals surface area contributed by atoms with E-state index >= 15 is 0 Å². The molecule has 0 bridgehead atoms. The fraction of sp³-hybridized carbons (Fsp3) is 0.222. The summed E-state index contributed by atoms with van der Waals surface area (Å²) in [6.07, 6.45) is 0. The molecule has 8 heteroatoms. The number of nitrogens with zero attached hydrogens (tertiary/aromatic N) is 3. The zero-order chi connectivity index (χ0) is 19.1. The lowest BCUT2D eigenvalue weighted by molar-refractivity contribution is -0.387. The monoisotopic (exact) mass is 371 g/mol. The first kappa shape index (κ1) is 17.9. The summed E-state index contributed by atoms with van der Waals surface area (Å²) in [6.45, 7) is 4.07. The molecule has 0 aromatic heterocycles. The molecule has 0 fully saturated rings. The van der Waals surface area contributed by atoms with Crippen LogP contribution in [0.25, 0.3) is 0 Å². The zero-order valence-electron chi connectivity index (χ0n) is 14.5. The van der Waals surface area contributed by atoms with E-state index in [1.165, 1.54) is 23.9 Å². The highest BCUT2D eigenvalue weighted by molar-refractivity contribution is 8.02. The molecular formula is C18H17N3O4S. The second-order valence-electron chi connectivity index (χ2n) is 6.49. The predicted octanol–water partition coefficient (Wildman–Crippen LogP) is 4.86. The molecule has 7 nitrogen and oxygen atoms in total. The SMILES string of the molecule is CN1/C(=C\Sc2ccccc2[N+](=O)[O-])C(C)(C)c2ccc([N+](=O)[O-])cc21. The van der Waals surface area contributed by atoms with Crippen LogP contribution >= 0.6 is 11.8 Å². The molecule has 3 rings (SSSR count). The van der Waals surface area contributed by atoms with Gasteiger partial charge >= 0.3 is 0 Å². The Kier molecular flexibility index (Phi) is 4.45. The Bertz CT molecular complexity index is 940. The van der Waals surface area contributed by atoms with Gasteiger partial charge in [0.05, 0.1) is 20.4 Å². The molecule has 2 aromatic rings. The number of non-ortho nitro benzene ring substituents is 1. The molecule has 0 unspecified atom stereocenters. The molecule has 0 saturated heterocycles. The molecule has 0 amide bonds. The van der Waals surface area contributed by atoms with Crippen molar-refractivity contribution in [1.82, 2.24) is 0 Å². The average molecular weight is 371 g/mol. The van der Waals surface area contributed by atoms with Crippen LogP contribution in [0, 0.1) is 20.2 Å². The maximum atomic E-state index is 11.2. The van der Waals surface area contributed by atoms with Gasteiger partial charge in [0.15, 0.2) is 0 Å². The third-order valence-corrected chi connectivity index (χ3v) is 5.53. The Morgan fingerprint density at radius 1 is 1.08 bits per heavy atom. The van der Waals surface area contributed by atoms with E-state index in [0.717, 1.165) is 16.9 Å². The maximum absolute atomic E-state index is 11.2. The summed E-state index contributed by atoms with van der Waals surface area (Å²) >= 11 is 1.28. The topological polar surface area (TPSA) is 89.5 Å². The van der Waals surface area contributed by atoms with Gasteiger partial charge < -0.3 is 4.90 Å². The molecule has 0 N–H and O–H groups in total. The van der Waals surface area contributed by atoms with Gasteiger partial charge in [-0.05, 0) is 23.1 Å². The van der Waals surface area contributed by atoms with Crippen LogP contribution in [0.2, 0.25) is 0 Å². The summed E-state index contributed by atoms with van der Waals surface area (Å²) in [5.41, 5.74) is 2.42. The Balaban J connectivity index is 2.00. The molecule has 1 heterocycles. The van der Waals surface area contributed by atoms with Crippen LogP contribution in [0.15, 0.2) is 58.5 Å². The van der Waals surface area contributed by atoms with E-state index in [1.54, 1.807) is 30.3 Å². The Morgan fingerprint density at radius 2 is 1.77 bits per heavy atom. The van der Waals surface area contributed by atoms with E-state index in [9.17, 15) is 20.2 Å². The first-order valence-corrected chi connectivity index (χ1v) is 8.75. The number of para-hydroxylation sites is 1. The summed E-state index contributed by atoms with van der Waals surface area (Å²) in [5.74, 6) is 0. The van der Waals surface area contributed by atoms with Gasteiger partial charge in [-0.3, -0.25) is 20.2 Å². The lowest BCUT2D eigenvalue weighted by Gasteiger charge is -2.23. The highest BCUT2D eigenvalue weighted by Gasteiger charge is 2.39. The summed E-state index contributed by atoms with van der Waals surface area (Å²) < 4.78 is 0. The number of likely N-dealkylation sites (N-methyl/N-ethyl adjacent to an activating group) is 1. The van der Waals surface area contributed by atoms with E-state index in [-0.39, 0.29) is 16.8 Å². The number of allylic oxidation sites excluding steroid dienone is 1. The number of rotatable bonds is 4. The van der Waals surface area contributed by atoms with Crippen molar-refractivity contribution in [3.05, 3.63) is 79.4 Å². The van der Waals surface area contributed by atoms with Crippen LogP contribution in [0.5, 0.6) is 0 Å². The fourth-order valence-corrected chi connectivity index (χ4v) is 4.29. The predicted molar refractivity (Wildman–Crippen MR) is 102 cm³/mol. The molecule has 0 spiro atoms. The number of hydrogen-bond acceptors (Lipinski definition) is 6. The largest absolute Gasteiger partial charge is 0.346 e. The first-order chi connectivity index (χ1) is 12.2. The molecule has 1 aliphatic rings. The minimum atomic E-state index is -0.412. The van der Waals surface area contributed by atoms with Crippen molar-refractivity contribution in [3.8, 4) is 0 Å². The van der Waals surface area contributed by atoms with Gasteiger partial charge in [-0.2, -0.15) is 0 Å². The van der Waals surface area contributed by atoms with Gasteiger partial charge in [0, 0.05) is 36.4 Å². The smallest absolute Gasteiger partial charge is 0.283 e. The third-order valence-electron chi connectivity index (χ3n) is 4.59. The number of nitro benzene ring substituents is 2. The van der Waals surface area contributed by atoms with Crippen LogP contribution in [-0.2, 0) is 5.41 Å². The standard InChI is InChI=1S/C18H17N3O4S/c1-18(2)13-9-8-12(20(22)23)10-15(13)19(3)17(18)11-26-16-7-5-4-6-14(16)21(24)25/h4-11H,1-3H3/b17-11-. The normalized spacial score (nSPS) is 16.6. The molecule has 0 saturated carbocycles. The highest BCUT2D eigenvalue weighted by Crippen LogP contribution is 2.49. The second-order valence-corrected chi connectivity index (χ2v) is 7.40. The number of fused-ring (bicyclic) bond motifs is 1. The maximum Gasteiger partial charge on any atom is 0.283 e. The van der Waals surface area contributed by atoms with Gasteiger partial charge in [-0.15, -0.1) is 0 Å². The van der Waals surface area contributed by atoms with Crippen LogP contribution in [-0.4, -0.2) is 16.9 Å². The molecule has 134 valence electrons. The minimum absolute atomic E-state index is 0.0407. The van der Waals surface area contributed by atoms with E-state index in [0.29, 0.717) is 4.90 Å². The van der Waals surface area contributed by atoms with Gasteiger partial charge in [0.2, 0.25) is 0 Å². The number of hydrogen-bond donors (Lipinski definition) is 0. The highest BCUT2D eigenvalue weighted by atomic mass is 32.2. The first-order valence-electron chi connectivity index (χ1n) is 7.87. The molecule has 2 aromatic carbocycles. The molecule has 1 aliphatic heterocycles. The van der Waals surface area contributed by atoms with Gasteiger partial charge in [0.1, 0.15) is 0 Å². The summed E-state index contributed by atoms with van der Waals surface area (Å²) in [6, 6.07) is 11.4. The Morgan fingerprint density at radius 3 is 2.42 bits per heavy atom. The van der Waals surface area contributed by atoms with Crippen molar-refractivity contribution in [1.29, 1.82) is 0 Å². The van der Waals surface area contributed by atoms with Crippen LogP contribution in [0.1, 0.15) is 19.4 Å². The number of thioether (sulfide) groups is 1. The van der Waals surface area contributed by atoms with Crippen molar-refractivity contribution in [2.45, 2.75) is 24.2 Å². The fourth-order valence-electron chi connectivity index (χ4n) is 3.18. The number of anilines is 1. The van der Waals surface area contributed by atoms with E-state index in [2.05, 4.69) is 0 Å². The van der Waals surface area contributed by atoms with Crippen molar-refractivity contribution < 1.29 is 9.85 Å². The summed E-state index contributed by atoms with van der Waals surface area (Å²) in [5, 5.41) is 24.1. The van der Waals surface area contributed by atoms with Gasteiger partial charge in [-0.25, -0.2) is 0 Å². The molecule has 0 aliphatic carbocycles. The van der Waals surface area contributed by atoms with E-state index in [1.807, 2.05) is 31.2 Å². The quantitative estimate of drug-likeness (QED) is 0.433. The zero-order valence-corrected chi connectivity index (χ0v) is 15.3. The Hall–Kier alpha value is -2.87. The molecule has 0 atom stereocenters. The molecular weight excluding hydrogens is 354 g/mol. The van der Waals surface area contributed by atoms with Crippen molar-refractivity contribution in [2.75, 3.05) is 11.9 Å². The van der Waals surface area contributed by atoms with Crippen molar-refractivity contribution in [3.63, 3.8) is 0 Å². The lowest BCUT2D eigenvalue weighted by atomic mass is 9.84. The second kappa shape index (κ2) is 6.45. The third kappa shape index (κ3) is 2.92. The number of benzene rings is 2. The average Bonchev–Trinajstić information content (AvgIpc) is 2.79.